The summed E-state index contributed by atoms with van der Waals surface area (Å²) < 4.78 is 9.47. The lowest BCUT2D eigenvalue weighted by atomic mass is 10.1. The fourth-order valence-corrected chi connectivity index (χ4v) is 1.22. The Bertz CT molecular complexity index is 473. The van der Waals surface area contributed by atoms with Crippen molar-refractivity contribution in [1.29, 1.82) is 0 Å². The maximum absolute atomic E-state index is 11.1. The molecule has 0 bridgehead atoms. The number of ether oxygens (including phenoxy) is 2. The molecule has 2 N–H and O–H groups in total. The number of esters is 1. The van der Waals surface area contributed by atoms with Crippen molar-refractivity contribution in [2.45, 2.75) is 13.0 Å². The van der Waals surface area contributed by atoms with Gasteiger partial charge in [0.05, 0.1) is 6.61 Å². The van der Waals surface area contributed by atoms with Gasteiger partial charge < -0.3 is 15.2 Å². The van der Waals surface area contributed by atoms with Crippen molar-refractivity contribution < 1.29 is 19.1 Å². The van der Waals surface area contributed by atoms with E-state index >= 15 is 0 Å². The van der Waals surface area contributed by atoms with Gasteiger partial charge in [0.2, 0.25) is 0 Å². The normalized spacial score (nSPS) is 10.7. The molecule has 18 heavy (non-hydrogen) atoms. The van der Waals surface area contributed by atoms with Crippen molar-refractivity contribution in [3.05, 3.63) is 35.9 Å². The summed E-state index contributed by atoms with van der Waals surface area (Å²) in [4.78, 5) is 21.9. The molecular weight excluding hydrogens is 234 g/mol. The van der Waals surface area contributed by atoms with E-state index in [0.717, 1.165) is 0 Å². The lowest BCUT2D eigenvalue weighted by Crippen LogP contribution is -2.16. The average Bonchev–Trinajstić information content (AvgIpc) is 2.35. The van der Waals surface area contributed by atoms with Gasteiger partial charge in [0, 0.05) is 11.5 Å². The smallest absolute Gasteiger partial charge is 0.406 e. The zero-order valence-corrected chi connectivity index (χ0v) is 9.88. The molecule has 0 fully saturated rings. The molecule has 0 saturated heterocycles. The van der Waals surface area contributed by atoms with Crippen LogP contribution < -0.4 is 5.73 Å². The number of carbonyl (C=O) groups is 2. The van der Waals surface area contributed by atoms with E-state index in [1.165, 1.54) is 0 Å². The molecule has 0 aromatic heterocycles. The average molecular weight is 247 g/mol. The van der Waals surface area contributed by atoms with Crippen LogP contribution in [0.25, 0.3) is 0 Å². The molecule has 0 radical (unpaired) electrons. The van der Waals surface area contributed by atoms with Crippen molar-refractivity contribution in [3.63, 3.8) is 0 Å². The zero-order chi connectivity index (χ0) is 13.4. The van der Waals surface area contributed by atoms with Gasteiger partial charge in [0.25, 0.3) is 0 Å². The molecule has 1 aromatic carbocycles. The van der Waals surface area contributed by atoms with Crippen LogP contribution in [0.5, 0.6) is 0 Å². The minimum Gasteiger partial charge on any atom is -0.456 e. The fraction of sp³-hybridized carbons (Fsp3) is 0.231. The molecule has 0 heterocycles. The highest BCUT2D eigenvalue weighted by molar-refractivity contribution is 5.88. The van der Waals surface area contributed by atoms with Crippen LogP contribution in [0.2, 0.25) is 0 Å². The van der Waals surface area contributed by atoms with Crippen LogP contribution >= 0.6 is 0 Å². The second-order valence-corrected chi connectivity index (χ2v) is 3.22. The molecule has 5 heteroatoms. The van der Waals surface area contributed by atoms with Gasteiger partial charge in [-0.1, -0.05) is 30.3 Å². The van der Waals surface area contributed by atoms with Crippen molar-refractivity contribution in [2.75, 3.05) is 6.61 Å². The van der Waals surface area contributed by atoms with E-state index in [4.69, 9.17) is 10.5 Å². The van der Waals surface area contributed by atoms with Crippen LogP contribution in [0.4, 0.5) is 4.79 Å². The summed E-state index contributed by atoms with van der Waals surface area (Å²) >= 11 is 0. The first-order chi connectivity index (χ1) is 8.63. The van der Waals surface area contributed by atoms with Crippen molar-refractivity contribution in [1.82, 2.24) is 0 Å². The molecular formula is C13H13NO4. The molecule has 1 atom stereocenters. The summed E-state index contributed by atoms with van der Waals surface area (Å²) in [5.41, 5.74) is 5.58. The van der Waals surface area contributed by atoms with Crippen molar-refractivity contribution >= 4 is 12.1 Å². The number of rotatable bonds is 3. The van der Waals surface area contributed by atoms with E-state index in [9.17, 15) is 9.59 Å². The third-order valence-corrected chi connectivity index (χ3v) is 1.92. The fourth-order valence-electron chi connectivity index (χ4n) is 1.22. The first-order valence-corrected chi connectivity index (χ1v) is 5.32. The Labute approximate surface area is 105 Å². The Morgan fingerprint density at radius 3 is 2.56 bits per heavy atom. The molecule has 1 amide bonds. The van der Waals surface area contributed by atoms with E-state index in [1.54, 1.807) is 31.2 Å². The molecule has 0 spiro atoms. The standard InChI is InChI=1S/C13H13NO4/c1-2-17-12(15)9-8-11(18-13(14)16)10-6-4-3-5-7-10/h3-7,11H,2H2,1H3,(H2,14,16). The molecule has 1 rings (SSSR count). The molecule has 1 unspecified atom stereocenters. The van der Waals surface area contributed by atoms with Gasteiger partial charge in [-0.25, -0.2) is 9.59 Å². The molecule has 5 nitrogen and oxygen atoms in total. The van der Waals surface area contributed by atoms with Gasteiger partial charge in [-0.3, -0.25) is 0 Å². The number of nitrogens with two attached hydrogens (primary N) is 1. The number of carbonyl (C=O) groups excluding carboxylic acids is 2. The second-order valence-electron chi connectivity index (χ2n) is 3.22. The Morgan fingerprint density at radius 2 is 2.00 bits per heavy atom. The van der Waals surface area contributed by atoms with Crippen LogP contribution in [0.1, 0.15) is 18.6 Å². The Morgan fingerprint density at radius 1 is 1.33 bits per heavy atom. The molecule has 1 aromatic rings. The lowest BCUT2D eigenvalue weighted by Gasteiger charge is -2.10. The van der Waals surface area contributed by atoms with Gasteiger partial charge in [-0.05, 0) is 12.8 Å². The first-order valence-electron chi connectivity index (χ1n) is 5.32. The minimum atomic E-state index is -0.956. The molecule has 0 aliphatic rings. The Balaban J connectivity index is 2.86. The van der Waals surface area contributed by atoms with Gasteiger partial charge >= 0.3 is 12.1 Å². The molecule has 0 saturated carbocycles. The van der Waals surface area contributed by atoms with E-state index < -0.39 is 18.2 Å². The predicted molar refractivity (Wildman–Crippen MR) is 64.3 cm³/mol. The van der Waals surface area contributed by atoms with Crippen molar-refractivity contribution in [2.24, 2.45) is 5.73 Å². The van der Waals surface area contributed by atoms with Gasteiger partial charge in [0.15, 0.2) is 6.10 Å². The SMILES string of the molecule is CCOC(=O)C#CC(OC(N)=O)c1ccccc1. The number of hydrogen-bond donors (Lipinski definition) is 1. The molecule has 0 aliphatic heterocycles. The zero-order valence-electron chi connectivity index (χ0n) is 9.88. The minimum absolute atomic E-state index is 0.236. The molecule has 0 aliphatic carbocycles. The Hall–Kier alpha value is -2.48. The quantitative estimate of drug-likeness (QED) is 0.497. The van der Waals surface area contributed by atoms with Crippen LogP contribution in [0, 0.1) is 11.8 Å². The highest BCUT2D eigenvalue weighted by Gasteiger charge is 2.12. The highest BCUT2D eigenvalue weighted by atomic mass is 16.6. The maximum Gasteiger partial charge on any atom is 0.406 e. The maximum atomic E-state index is 11.1. The van der Waals surface area contributed by atoms with Crippen LogP contribution in [0.15, 0.2) is 30.3 Å². The number of primary amides is 1. The lowest BCUT2D eigenvalue weighted by molar-refractivity contribution is -0.136. The summed E-state index contributed by atoms with van der Waals surface area (Å²) in [6, 6.07) is 8.77. The van der Waals surface area contributed by atoms with Crippen molar-refractivity contribution in [3.8, 4) is 11.8 Å². The van der Waals surface area contributed by atoms with E-state index in [1.807, 2.05) is 6.07 Å². The van der Waals surface area contributed by atoms with Gasteiger partial charge in [-0.2, -0.15) is 0 Å². The van der Waals surface area contributed by atoms with Crippen LogP contribution in [-0.4, -0.2) is 18.7 Å². The monoisotopic (exact) mass is 247 g/mol. The summed E-state index contributed by atoms with van der Waals surface area (Å²) in [7, 11) is 0. The topological polar surface area (TPSA) is 78.6 Å². The predicted octanol–water partition coefficient (Wildman–Crippen LogP) is 1.39. The number of amides is 1. The van der Waals surface area contributed by atoms with Crippen LogP contribution in [0.3, 0.4) is 0 Å². The Kier molecular flexibility index (Phi) is 5.26. The summed E-state index contributed by atoms with van der Waals surface area (Å²) in [6.45, 7) is 1.91. The number of benzene rings is 1. The first kappa shape index (κ1) is 13.6. The molecule has 94 valence electrons. The van der Waals surface area contributed by atoms with Gasteiger partial charge in [-0.15, -0.1) is 0 Å². The van der Waals surface area contributed by atoms with Gasteiger partial charge in [0.1, 0.15) is 0 Å². The summed E-state index contributed by atoms with van der Waals surface area (Å²) in [5.74, 6) is 4.07. The van der Waals surface area contributed by atoms with E-state index in [-0.39, 0.29) is 6.61 Å². The third-order valence-electron chi connectivity index (χ3n) is 1.92. The van der Waals surface area contributed by atoms with E-state index in [2.05, 4.69) is 16.6 Å². The largest absolute Gasteiger partial charge is 0.456 e. The number of hydrogen-bond acceptors (Lipinski definition) is 4. The summed E-state index contributed by atoms with van der Waals surface area (Å²) in [6.07, 6.45) is -1.84. The summed E-state index contributed by atoms with van der Waals surface area (Å²) in [5, 5.41) is 0. The van der Waals surface area contributed by atoms with Crippen LogP contribution in [-0.2, 0) is 14.3 Å². The highest BCUT2D eigenvalue weighted by Crippen LogP contribution is 2.15. The second kappa shape index (κ2) is 6.97. The third kappa shape index (κ3) is 4.58. The van der Waals surface area contributed by atoms with E-state index in [0.29, 0.717) is 5.56 Å².